The lowest BCUT2D eigenvalue weighted by Crippen LogP contribution is -2.33. The summed E-state index contributed by atoms with van der Waals surface area (Å²) in [6.45, 7) is 0. The maximum atomic E-state index is 12.6. The van der Waals surface area contributed by atoms with Gasteiger partial charge < -0.3 is 15.1 Å². The number of carbonyl (C=O) groups excluding carboxylic acids is 1. The molecule has 0 unspecified atom stereocenters. The zero-order chi connectivity index (χ0) is 20.1. The van der Waals surface area contributed by atoms with Gasteiger partial charge in [-0.2, -0.15) is 0 Å². The zero-order valence-corrected chi connectivity index (χ0v) is 16.0. The largest absolute Gasteiger partial charge is 0.418 e. The minimum Gasteiger partial charge on any atom is -0.418 e. The molecule has 29 heavy (non-hydrogen) atoms. The molecule has 2 amide bonds. The van der Waals surface area contributed by atoms with Gasteiger partial charge in [-0.3, -0.25) is 0 Å². The van der Waals surface area contributed by atoms with E-state index in [1.54, 1.807) is 24.3 Å². The van der Waals surface area contributed by atoms with Crippen molar-refractivity contribution in [2.45, 2.75) is 6.04 Å². The van der Waals surface area contributed by atoms with E-state index < -0.39 is 12.1 Å². The van der Waals surface area contributed by atoms with Crippen LogP contribution in [0.1, 0.15) is 17.5 Å². The van der Waals surface area contributed by atoms with Crippen molar-refractivity contribution in [3.8, 4) is 11.5 Å². The van der Waals surface area contributed by atoms with Crippen LogP contribution in [0.2, 0.25) is 5.02 Å². The molecule has 0 spiro atoms. The van der Waals surface area contributed by atoms with E-state index in [1.807, 2.05) is 60.7 Å². The number of hydrogen-bond acceptors (Lipinski definition) is 4. The van der Waals surface area contributed by atoms with Gasteiger partial charge in [0.05, 0.1) is 10.7 Å². The summed E-state index contributed by atoms with van der Waals surface area (Å²) in [7, 11) is 0. The van der Waals surface area contributed by atoms with Crippen LogP contribution in [0.5, 0.6) is 0 Å². The van der Waals surface area contributed by atoms with Crippen molar-refractivity contribution < 1.29 is 9.21 Å². The fourth-order valence-electron chi connectivity index (χ4n) is 2.83. The quantitative estimate of drug-likeness (QED) is 0.473. The van der Waals surface area contributed by atoms with Crippen molar-refractivity contribution in [2.24, 2.45) is 0 Å². The van der Waals surface area contributed by atoms with Crippen molar-refractivity contribution in [1.82, 2.24) is 15.5 Å². The SMILES string of the molecule is O=C(Nc1ccccc1Cl)N[C@H](c1ccccc1)c1nnc(-c2ccccc2)o1. The summed E-state index contributed by atoms with van der Waals surface area (Å²) in [5.74, 6) is 0.666. The van der Waals surface area contributed by atoms with Crippen molar-refractivity contribution >= 4 is 23.3 Å². The number of aromatic nitrogens is 2. The molecule has 7 heteroatoms. The molecule has 0 aliphatic heterocycles. The molecule has 0 radical (unpaired) electrons. The van der Waals surface area contributed by atoms with Crippen LogP contribution >= 0.6 is 11.6 Å². The second-order valence-electron chi connectivity index (χ2n) is 6.23. The number of para-hydroxylation sites is 1. The van der Waals surface area contributed by atoms with Crippen LogP contribution in [0.15, 0.2) is 89.3 Å². The molecule has 1 atom stereocenters. The third-order valence-corrected chi connectivity index (χ3v) is 4.57. The number of nitrogens with zero attached hydrogens (tertiary/aromatic N) is 2. The molecule has 0 saturated carbocycles. The molecule has 4 aromatic rings. The molecule has 0 aliphatic carbocycles. The fourth-order valence-corrected chi connectivity index (χ4v) is 3.02. The number of hydrogen-bond donors (Lipinski definition) is 2. The Morgan fingerprint density at radius 1 is 0.862 bits per heavy atom. The molecule has 2 N–H and O–H groups in total. The first-order valence-electron chi connectivity index (χ1n) is 8.96. The van der Waals surface area contributed by atoms with Gasteiger partial charge in [-0.05, 0) is 29.8 Å². The minimum absolute atomic E-state index is 0.282. The highest BCUT2D eigenvalue weighted by atomic mass is 35.5. The predicted molar refractivity (Wildman–Crippen MR) is 112 cm³/mol. The Morgan fingerprint density at radius 2 is 1.52 bits per heavy atom. The van der Waals surface area contributed by atoms with Gasteiger partial charge in [-0.15, -0.1) is 10.2 Å². The number of halogens is 1. The van der Waals surface area contributed by atoms with Crippen LogP contribution in [0.4, 0.5) is 10.5 Å². The molecule has 0 bridgehead atoms. The van der Waals surface area contributed by atoms with Gasteiger partial charge >= 0.3 is 6.03 Å². The first-order chi connectivity index (χ1) is 14.2. The number of rotatable bonds is 5. The van der Waals surface area contributed by atoms with Crippen LogP contribution in [0, 0.1) is 0 Å². The van der Waals surface area contributed by atoms with Crippen LogP contribution in [-0.4, -0.2) is 16.2 Å². The van der Waals surface area contributed by atoms with Crippen molar-refractivity contribution in [2.75, 3.05) is 5.32 Å². The monoisotopic (exact) mass is 404 g/mol. The average Bonchev–Trinajstić information content (AvgIpc) is 3.25. The molecular formula is C22H17ClN4O2. The third kappa shape index (κ3) is 4.44. The first-order valence-corrected chi connectivity index (χ1v) is 9.34. The summed E-state index contributed by atoms with van der Waals surface area (Å²) in [4.78, 5) is 12.6. The number of carbonyl (C=O) groups is 1. The number of benzene rings is 3. The van der Waals surface area contributed by atoms with Crippen LogP contribution in [-0.2, 0) is 0 Å². The highest BCUT2D eigenvalue weighted by molar-refractivity contribution is 6.33. The molecule has 6 nitrogen and oxygen atoms in total. The van der Waals surface area contributed by atoms with Crippen molar-refractivity contribution in [1.29, 1.82) is 0 Å². The second-order valence-corrected chi connectivity index (χ2v) is 6.64. The summed E-state index contributed by atoms with van der Waals surface area (Å²) >= 11 is 6.13. The molecule has 1 heterocycles. The molecule has 1 aromatic heterocycles. The van der Waals surface area contributed by atoms with E-state index in [9.17, 15) is 4.79 Å². The van der Waals surface area contributed by atoms with Crippen LogP contribution < -0.4 is 10.6 Å². The highest BCUT2D eigenvalue weighted by Gasteiger charge is 2.23. The fraction of sp³-hybridized carbons (Fsp3) is 0.0455. The predicted octanol–water partition coefficient (Wildman–Crippen LogP) is 5.30. The van der Waals surface area contributed by atoms with Crippen molar-refractivity contribution in [3.05, 3.63) is 101 Å². The Bertz CT molecular complexity index is 1100. The van der Waals surface area contributed by atoms with E-state index in [-0.39, 0.29) is 5.89 Å². The molecule has 4 rings (SSSR count). The van der Waals surface area contributed by atoms with Crippen LogP contribution in [0.3, 0.4) is 0 Å². The van der Waals surface area contributed by atoms with Gasteiger partial charge in [-0.25, -0.2) is 4.79 Å². The minimum atomic E-state index is -0.622. The summed E-state index contributed by atoms with van der Waals surface area (Å²) in [5, 5.41) is 14.4. The molecular weight excluding hydrogens is 388 g/mol. The van der Waals surface area contributed by atoms with Gasteiger partial charge in [-0.1, -0.05) is 72.3 Å². The first kappa shape index (κ1) is 18.7. The molecule has 0 aliphatic rings. The molecule has 0 saturated heterocycles. The third-order valence-electron chi connectivity index (χ3n) is 4.24. The summed E-state index contributed by atoms with van der Waals surface area (Å²) < 4.78 is 5.87. The zero-order valence-electron chi connectivity index (χ0n) is 15.2. The maximum Gasteiger partial charge on any atom is 0.320 e. The number of nitrogens with one attached hydrogen (secondary N) is 2. The lowest BCUT2D eigenvalue weighted by Gasteiger charge is -2.16. The van der Waals surface area contributed by atoms with E-state index in [0.29, 0.717) is 16.6 Å². The van der Waals surface area contributed by atoms with E-state index in [1.165, 1.54) is 0 Å². The Balaban J connectivity index is 1.60. The van der Waals surface area contributed by atoms with Gasteiger partial charge in [0.1, 0.15) is 6.04 Å². The lowest BCUT2D eigenvalue weighted by atomic mass is 10.1. The number of amides is 2. The number of urea groups is 1. The summed E-state index contributed by atoms with van der Waals surface area (Å²) in [6, 6.07) is 24.8. The number of anilines is 1. The Kier molecular flexibility index (Phi) is 5.54. The van der Waals surface area contributed by atoms with Gasteiger partial charge in [0.15, 0.2) is 0 Å². The smallest absolute Gasteiger partial charge is 0.320 e. The molecule has 0 fully saturated rings. The normalized spacial score (nSPS) is 11.6. The Morgan fingerprint density at radius 3 is 2.24 bits per heavy atom. The van der Waals surface area contributed by atoms with E-state index in [2.05, 4.69) is 20.8 Å². The summed E-state index contributed by atoms with van der Waals surface area (Å²) in [6.07, 6.45) is 0. The maximum absolute atomic E-state index is 12.6. The Labute approximate surface area is 172 Å². The second kappa shape index (κ2) is 8.58. The molecule has 144 valence electrons. The van der Waals surface area contributed by atoms with E-state index in [0.717, 1.165) is 11.1 Å². The van der Waals surface area contributed by atoms with Gasteiger partial charge in [0, 0.05) is 5.56 Å². The lowest BCUT2D eigenvalue weighted by molar-refractivity contribution is 0.248. The summed E-state index contributed by atoms with van der Waals surface area (Å²) in [5.41, 5.74) is 2.12. The topological polar surface area (TPSA) is 80.0 Å². The van der Waals surface area contributed by atoms with Crippen molar-refractivity contribution in [3.63, 3.8) is 0 Å². The standard InChI is InChI=1S/C22H17ClN4O2/c23-17-13-7-8-14-18(17)24-22(28)25-19(15-9-3-1-4-10-15)21-27-26-20(29-21)16-11-5-2-6-12-16/h1-14,19H,(H2,24,25,28)/t19-/m1/s1. The highest BCUT2D eigenvalue weighted by Crippen LogP contribution is 2.26. The van der Waals surface area contributed by atoms with E-state index in [4.69, 9.17) is 16.0 Å². The Hall–Kier alpha value is -3.64. The average molecular weight is 405 g/mol. The molecule has 3 aromatic carbocycles. The van der Waals surface area contributed by atoms with Gasteiger partial charge in [0.25, 0.3) is 0 Å². The van der Waals surface area contributed by atoms with Gasteiger partial charge in [0.2, 0.25) is 11.8 Å². The van der Waals surface area contributed by atoms with Crippen LogP contribution in [0.25, 0.3) is 11.5 Å². The van der Waals surface area contributed by atoms with E-state index >= 15 is 0 Å².